The van der Waals surface area contributed by atoms with Gasteiger partial charge < -0.3 is 5.73 Å². The average Bonchev–Trinajstić information content (AvgIpc) is 1.88. The lowest BCUT2D eigenvalue weighted by atomic mass is 10.3. The van der Waals surface area contributed by atoms with Crippen LogP contribution in [0.5, 0.6) is 0 Å². The number of anilines is 1. The van der Waals surface area contributed by atoms with E-state index in [1.165, 1.54) is 0 Å². The van der Waals surface area contributed by atoms with E-state index < -0.39 is 0 Å². The van der Waals surface area contributed by atoms with Gasteiger partial charge in [0.15, 0.2) is 0 Å². The van der Waals surface area contributed by atoms with Crippen molar-refractivity contribution in [1.82, 2.24) is 4.98 Å². The highest BCUT2D eigenvalue weighted by atomic mass is 32.2. The van der Waals surface area contributed by atoms with Gasteiger partial charge in [-0.25, -0.2) is 0 Å². The van der Waals surface area contributed by atoms with Crippen LogP contribution in [0.4, 0.5) is 5.69 Å². The molecular formula is C7H10N2S. The molecule has 0 amide bonds. The van der Waals surface area contributed by atoms with E-state index in [1.54, 1.807) is 24.0 Å². The molecule has 0 atom stereocenters. The second kappa shape index (κ2) is 3.46. The second-order valence-electron chi connectivity index (χ2n) is 2.01. The Bertz CT molecular complexity index is 213. The number of thioether (sulfide) groups is 1. The number of nitrogens with two attached hydrogens (primary N) is 1. The SMILES string of the molecule is CSCc1cc(N)ccn1. The van der Waals surface area contributed by atoms with E-state index in [0.717, 1.165) is 17.1 Å². The van der Waals surface area contributed by atoms with Gasteiger partial charge in [-0.05, 0) is 18.4 Å². The van der Waals surface area contributed by atoms with Gasteiger partial charge >= 0.3 is 0 Å². The zero-order valence-corrected chi connectivity index (χ0v) is 6.69. The van der Waals surface area contributed by atoms with Crippen LogP contribution >= 0.6 is 11.8 Å². The number of rotatable bonds is 2. The summed E-state index contributed by atoms with van der Waals surface area (Å²) in [5.74, 6) is 0.936. The molecule has 0 saturated heterocycles. The Morgan fingerprint density at radius 2 is 2.50 bits per heavy atom. The van der Waals surface area contributed by atoms with E-state index in [9.17, 15) is 0 Å². The van der Waals surface area contributed by atoms with Gasteiger partial charge in [-0.2, -0.15) is 11.8 Å². The molecule has 0 radical (unpaired) electrons. The van der Waals surface area contributed by atoms with E-state index in [0.29, 0.717) is 0 Å². The molecule has 3 heteroatoms. The van der Waals surface area contributed by atoms with Crippen molar-refractivity contribution in [3.8, 4) is 0 Å². The summed E-state index contributed by atoms with van der Waals surface area (Å²) in [6, 6.07) is 3.69. The van der Waals surface area contributed by atoms with Crippen LogP contribution in [-0.2, 0) is 5.75 Å². The maximum atomic E-state index is 5.54. The molecule has 0 bridgehead atoms. The van der Waals surface area contributed by atoms with Gasteiger partial charge in [0.2, 0.25) is 0 Å². The largest absolute Gasteiger partial charge is 0.399 e. The van der Waals surface area contributed by atoms with Gasteiger partial charge in [0.05, 0.1) is 5.69 Å². The molecular weight excluding hydrogens is 144 g/mol. The van der Waals surface area contributed by atoms with Gasteiger partial charge in [-0.1, -0.05) is 0 Å². The lowest BCUT2D eigenvalue weighted by Gasteiger charge is -1.96. The third-order valence-corrected chi connectivity index (χ3v) is 1.72. The van der Waals surface area contributed by atoms with Crippen molar-refractivity contribution in [3.63, 3.8) is 0 Å². The topological polar surface area (TPSA) is 38.9 Å². The first kappa shape index (κ1) is 7.41. The first-order chi connectivity index (χ1) is 4.83. The average molecular weight is 154 g/mol. The highest BCUT2D eigenvalue weighted by molar-refractivity contribution is 7.97. The Balaban J connectivity index is 2.75. The lowest BCUT2D eigenvalue weighted by molar-refractivity contribution is 1.18. The Kier molecular flexibility index (Phi) is 2.57. The van der Waals surface area contributed by atoms with Crippen molar-refractivity contribution in [2.24, 2.45) is 0 Å². The van der Waals surface area contributed by atoms with Crippen LogP contribution in [-0.4, -0.2) is 11.2 Å². The Hall–Kier alpha value is -0.700. The van der Waals surface area contributed by atoms with E-state index >= 15 is 0 Å². The summed E-state index contributed by atoms with van der Waals surface area (Å²) < 4.78 is 0. The number of nitrogen functional groups attached to an aromatic ring is 1. The van der Waals surface area contributed by atoms with Crippen molar-refractivity contribution >= 4 is 17.4 Å². The highest BCUT2D eigenvalue weighted by Crippen LogP contribution is 2.08. The van der Waals surface area contributed by atoms with Crippen molar-refractivity contribution < 1.29 is 0 Å². The van der Waals surface area contributed by atoms with Crippen LogP contribution in [0, 0.1) is 0 Å². The van der Waals surface area contributed by atoms with Gasteiger partial charge in [0.25, 0.3) is 0 Å². The minimum absolute atomic E-state index is 0.791. The van der Waals surface area contributed by atoms with Crippen molar-refractivity contribution in [2.45, 2.75) is 5.75 Å². The molecule has 0 unspecified atom stereocenters. The van der Waals surface area contributed by atoms with E-state index in [4.69, 9.17) is 5.73 Å². The van der Waals surface area contributed by atoms with Crippen LogP contribution in [0.25, 0.3) is 0 Å². The van der Waals surface area contributed by atoms with Gasteiger partial charge in [-0.3, -0.25) is 4.98 Å². The summed E-state index contributed by atoms with van der Waals surface area (Å²) in [4.78, 5) is 4.13. The minimum atomic E-state index is 0.791. The highest BCUT2D eigenvalue weighted by Gasteiger charge is 1.91. The Morgan fingerprint density at radius 3 is 3.10 bits per heavy atom. The minimum Gasteiger partial charge on any atom is -0.399 e. The predicted octanol–water partition coefficient (Wildman–Crippen LogP) is 1.53. The van der Waals surface area contributed by atoms with Crippen molar-refractivity contribution in [2.75, 3.05) is 12.0 Å². The molecule has 0 aliphatic carbocycles. The van der Waals surface area contributed by atoms with Crippen LogP contribution in [0.1, 0.15) is 5.69 Å². The van der Waals surface area contributed by atoms with Crippen LogP contribution in [0.3, 0.4) is 0 Å². The molecule has 0 fully saturated rings. The summed E-state index contributed by atoms with van der Waals surface area (Å²) in [6.07, 6.45) is 3.78. The summed E-state index contributed by atoms with van der Waals surface area (Å²) in [6.45, 7) is 0. The maximum Gasteiger partial charge on any atom is 0.0522 e. The van der Waals surface area contributed by atoms with E-state index in [2.05, 4.69) is 4.98 Å². The lowest BCUT2D eigenvalue weighted by Crippen LogP contribution is -1.89. The van der Waals surface area contributed by atoms with E-state index in [1.807, 2.05) is 12.3 Å². The van der Waals surface area contributed by atoms with Crippen molar-refractivity contribution in [3.05, 3.63) is 24.0 Å². The predicted molar refractivity (Wildman–Crippen MR) is 45.9 cm³/mol. The van der Waals surface area contributed by atoms with Gasteiger partial charge in [0.1, 0.15) is 0 Å². The van der Waals surface area contributed by atoms with Crippen LogP contribution in [0.15, 0.2) is 18.3 Å². The molecule has 0 aliphatic heterocycles. The van der Waals surface area contributed by atoms with Gasteiger partial charge in [0, 0.05) is 17.6 Å². The number of hydrogen-bond acceptors (Lipinski definition) is 3. The number of aromatic nitrogens is 1. The molecule has 1 rings (SSSR count). The molecule has 10 heavy (non-hydrogen) atoms. The molecule has 2 nitrogen and oxygen atoms in total. The summed E-state index contributed by atoms with van der Waals surface area (Å²) in [5, 5.41) is 0. The molecule has 2 N–H and O–H groups in total. The number of nitrogens with zero attached hydrogens (tertiary/aromatic N) is 1. The molecule has 0 saturated carbocycles. The number of pyridine rings is 1. The molecule has 1 heterocycles. The fourth-order valence-electron chi connectivity index (χ4n) is 0.724. The standard InChI is InChI=1S/C7H10N2S/c1-10-5-7-4-6(8)2-3-9-7/h2-4H,5H2,1H3,(H2,8,9). The third kappa shape index (κ3) is 1.92. The first-order valence-electron chi connectivity index (χ1n) is 3.02. The summed E-state index contributed by atoms with van der Waals surface area (Å²) in [7, 11) is 0. The molecule has 1 aromatic heterocycles. The Labute approximate surface area is 64.8 Å². The van der Waals surface area contributed by atoms with Crippen molar-refractivity contribution in [1.29, 1.82) is 0 Å². The molecule has 0 aliphatic rings. The Morgan fingerprint density at radius 1 is 1.70 bits per heavy atom. The maximum absolute atomic E-state index is 5.54. The zero-order valence-electron chi connectivity index (χ0n) is 5.87. The fourth-order valence-corrected chi connectivity index (χ4v) is 1.18. The summed E-state index contributed by atoms with van der Waals surface area (Å²) >= 11 is 1.75. The molecule has 1 aromatic rings. The van der Waals surface area contributed by atoms with Crippen LogP contribution in [0.2, 0.25) is 0 Å². The smallest absolute Gasteiger partial charge is 0.0522 e. The first-order valence-corrected chi connectivity index (χ1v) is 4.41. The van der Waals surface area contributed by atoms with Gasteiger partial charge in [-0.15, -0.1) is 0 Å². The third-order valence-electron chi connectivity index (χ3n) is 1.13. The fraction of sp³-hybridized carbons (Fsp3) is 0.286. The second-order valence-corrected chi connectivity index (χ2v) is 2.88. The summed E-state index contributed by atoms with van der Waals surface area (Å²) in [5.41, 5.74) is 7.38. The molecule has 0 aromatic carbocycles. The van der Waals surface area contributed by atoms with E-state index in [-0.39, 0.29) is 0 Å². The normalized spacial score (nSPS) is 9.70. The quantitative estimate of drug-likeness (QED) is 0.702. The molecule has 0 spiro atoms. The molecule has 54 valence electrons. The monoisotopic (exact) mass is 154 g/mol. The van der Waals surface area contributed by atoms with Crippen LogP contribution < -0.4 is 5.73 Å². The zero-order chi connectivity index (χ0) is 7.40. The number of hydrogen-bond donors (Lipinski definition) is 1.